The highest BCUT2D eigenvalue weighted by Gasteiger charge is 2.21. The van der Waals surface area contributed by atoms with Crippen molar-refractivity contribution in [3.05, 3.63) is 54.4 Å². The van der Waals surface area contributed by atoms with E-state index in [0.717, 1.165) is 6.42 Å². The molecule has 1 aliphatic heterocycles. The number of anilines is 1. The second kappa shape index (κ2) is 10.7. The summed E-state index contributed by atoms with van der Waals surface area (Å²) >= 11 is 0. The number of benzene rings is 1. The standard InChI is InChI=1S/C24H27N5O4/c1-3-24(32,10-11-29(2)16-30)9-7-17-5-4-6-18(13-17)23-26-14-20(21(28-23)22(25)31)27-19-8-12-33-15-19/h3-6,13-14,16,19,27,32H,1,8,10-12,15H2,2H3,(H2,25,31)/t19-,24+/m1/s1. The van der Waals surface area contributed by atoms with Gasteiger partial charge in [0.1, 0.15) is 5.60 Å². The fourth-order valence-electron chi connectivity index (χ4n) is 3.21. The molecule has 1 aromatic carbocycles. The van der Waals surface area contributed by atoms with Crippen molar-refractivity contribution in [3.63, 3.8) is 0 Å². The van der Waals surface area contributed by atoms with Crippen LogP contribution in [0.4, 0.5) is 5.69 Å². The Morgan fingerprint density at radius 3 is 3.00 bits per heavy atom. The van der Waals surface area contributed by atoms with E-state index in [1.54, 1.807) is 37.5 Å². The average Bonchev–Trinajstić information content (AvgIpc) is 3.34. The molecule has 2 atom stereocenters. The summed E-state index contributed by atoms with van der Waals surface area (Å²) in [6.45, 7) is 5.18. The molecule has 1 aliphatic rings. The van der Waals surface area contributed by atoms with Gasteiger partial charge in [-0.25, -0.2) is 9.97 Å². The van der Waals surface area contributed by atoms with Crippen molar-refractivity contribution in [2.45, 2.75) is 24.5 Å². The summed E-state index contributed by atoms with van der Waals surface area (Å²) in [5.41, 5.74) is 5.93. The molecule has 0 unspecified atom stereocenters. The smallest absolute Gasteiger partial charge is 0.269 e. The third-order valence-corrected chi connectivity index (χ3v) is 5.22. The van der Waals surface area contributed by atoms with Crippen LogP contribution in [0.3, 0.4) is 0 Å². The molecule has 172 valence electrons. The van der Waals surface area contributed by atoms with Gasteiger partial charge in [-0.05, 0) is 24.6 Å². The minimum atomic E-state index is -1.44. The van der Waals surface area contributed by atoms with E-state index in [9.17, 15) is 14.7 Å². The van der Waals surface area contributed by atoms with Crippen LogP contribution < -0.4 is 11.1 Å². The Balaban J connectivity index is 1.83. The molecular weight excluding hydrogens is 422 g/mol. The van der Waals surface area contributed by atoms with Gasteiger partial charge in [0.15, 0.2) is 11.5 Å². The normalized spacial score (nSPS) is 16.7. The van der Waals surface area contributed by atoms with Crippen LogP contribution in [0.1, 0.15) is 28.9 Å². The lowest BCUT2D eigenvalue weighted by atomic mass is 9.99. The maximum atomic E-state index is 12.0. The summed E-state index contributed by atoms with van der Waals surface area (Å²) < 4.78 is 5.35. The van der Waals surface area contributed by atoms with Crippen molar-refractivity contribution in [3.8, 4) is 23.2 Å². The summed E-state index contributed by atoms with van der Waals surface area (Å²) in [6, 6.07) is 7.18. The molecule has 33 heavy (non-hydrogen) atoms. The first-order chi connectivity index (χ1) is 15.8. The van der Waals surface area contributed by atoms with Crippen molar-refractivity contribution in [1.29, 1.82) is 0 Å². The van der Waals surface area contributed by atoms with Crippen molar-refractivity contribution >= 4 is 18.0 Å². The lowest BCUT2D eigenvalue weighted by Gasteiger charge is -2.20. The van der Waals surface area contributed by atoms with Crippen LogP contribution in [-0.2, 0) is 9.53 Å². The van der Waals surface area contributed by atoms with Crippen molar-refractivity contribution in [2.75, 3.05) is 32.1 Å². The molecule has 9 heteroatoms. The topological polar surface area (TPSA) is 131 Å². The van der Waals surface area contributed by atoms with Gasteiger partial charge in [-0.15, -0.1) is 0 Å². The minimum absolute atomic E-state index is 0.0751. The average molecular weight is 450 g/mol. The molecule has 1 saturated heterocycles. The first kappa shape index (κ1) is 23.9. The van der Waals surface area contributed by atoms with E-state index in [-0.39, 0.29) is 18.2 Å². The molecule has 0 spiro atoms. The van der Waals surface area contributed by atoms with Gasteiger partial charge >= 0.3 is 0 Å². The highest BCUT2D eigenvalue weighted by atomic mass is 16.5. The number of aliphatic hydroxyl groups is 1. The number of primary amides is 1. The number of carbonyl (C=O) groups excluding carboxylic acids is 2. The lowest BCUT2D eigenvalue weighted by molar-refractivity contribution is -0.117. The van der Waals surface area contributed by atoms with Crippen molar-refractivity contribution in [2.24, 2.45) is 5.73 Å². The van der Waals surface area contributed by atoms with Gasteiger partial charge < -0.3 is 25.8 Å². The number of carbonyl (C=O) groups is 2. The molecule has 2 heterocycles. The Morgan fingerprint density at radius 2 is 2.33 bits per heavy atom. The van der Waals surface area contributed by atoms with E-state index in [0.29, 0.717) is 48.8 Å². The van der Waals surface area contributed by atoms with Gasteiger partial charge in [0.2, 0.25) is 6.41 Å². The number of hydrogen-bond donors (Lipinski definition) is 3. The number of hydrogen-bond acceptors (Lipinski definition) is 7. The Hall–Kier alpha value is -3.74. The van der Waals surface area contributed by atoms with Gasteiger partial charge in [0.25, 0.3) is 5.91 Å². The summed E-state index contributed by atoms with van der Waals surface area (Å²) in [4.78, 5) is 32.9. The molecule has 4 N–H and O–H groups in total. The van der Waals surface area contributed by atoms with Crippen LogP contribution in [0.2, 0.25) is 0 Å². The van der Waals surface area contributed by atoms with Crippen LogP contribution in [0.25, 0.3) is 11.4 Å². The first-order valence-electron chi connectivity index (χ1n) is 10.5. The number of nitrogens with zero attached hydrogens (tertiary/aromatic N) is 3. The van der Waals surface area contributed by atoms with E-state index >= 15 is 0 Å². The van der Waals surface area contributed by atoms with Gasteiger partial charge in [-0.2, -0.15) is 0 Å². The molecule has 2 amide bonds. The van der Waals surface area contributed by atoms with Crippen LogP contribution in [-0.4, -0.2) is 70.7 Å². The Morgan fingerprint density at radius 1 is 1.52 bits per heavy atom. The molecular formula is C24H27N5O4. The monoisotopic (exact) mass is 449 g/mol. The molecule has 0 radical (unpaired) electrons. The number of ether oxygens (including phenoxy) is 1. The summed E-state index contributed by atoms with van der Waals surface area (Å²) in [6.07, 6.45) is 4.63. The summed E-state index contributed by atoms with van der Waals surface area (Å²) in [5.74, 6) is 5.41. The summed E-state index contributed by atoms with van der Waals surface area (Å²) in [5, 5.41) is 13.8. The highest BCUT2D eigenvalue weighted by Crippen LogP contribution is 2.22. The van der Waals surface area contributed by atoms with E-state index in [2.05, 4.69) is 33.7 Å². The SMILES string of the molecule is C=C[C@](O)(C#Cc1cccc(-c2ncc(N[C@@H]3CCOC3)c(C(N)=O)n2)c1)CCN(C)C=O. The van der Waals surface area contributed by atoms with Gasteiger partial charge in [0, 0.05) is 37.7 Å². The predicted molar refractivity (Wildman–Crippen MR) is 124 cm³/mol. The van der Waals surface area contributed by atoms with E-state index < -0.39 is 11.5 Å². The maximum absolute atomic E-state index is 12.0. The Kier molecular flexibility index (Phi) is 7.77. The van der Waals surface area contributed by atoms with Crippen molar-refractivity contribution in [1.82, 2.24) is 14.9 Å². The van der Waals surface area contributed by atoms with Gasteiger partial charge in [-0.1, -0.05) is 30.6 Å². The molecule has 1 aromatic heterocycles. The van der Waals surface area contributed by atoms with Crippen LogP contribution in [0, 0.1) is 11.8 Å². The van der Waals surface area contributed by atoms with Gasteiger partial charge in [-0.3, -0.25) is 9.59 Å². The van der Waals surface area contributed by atoms with Crippen molar-refractivity contribution < 1.29 is 19.4 Å². The second-order valence-corrected chi connectivity index (χ2v) is 7.82. The molecule has 1 fully saturated rings. The fraction of sp³-hybridized carbons (Fsp3) is 0.333. The number of amides is 2. The van der Waals surface area contributed by atoms with Gasteiger partial charge in [0.05, 0.1) is 24.5 Å². The third kappa shape index (κ3) is 6.38. The zero-order valence-corrected chi connectivity index (χ0v) is 18.5. The van der Waals surface area contributed by atoms with Crippen LogP contribution in [0.5, 0.6) is 0 Å². The molecule has 9 nitrogen and oxygen atoms in total. The zero-order valence-electron chi connectivity index (χ0n) is 18.5. The molecule has 3 rings (SSSR count). The Bertz CT molecular complexity index is 1090. The molecule has 0 bridgehead atoms. The zero-order chi connectivity index (χ0) is 23.8. The summed E-state index contributed by atoms with van der Waals surface area (Å²) in [7, 11) is 1.62. The number of aromatic nitrogens is 2. The van der Waals surface area contributed by atoms with E-state index in [1.807, 2.05) is 0 Å². The second-order valence-electron chi connectivity index (χ2n) is 7.82. The van der Waals surface area contributed by atoms with Crippen LogP contribution >= 0.6 is 0 Å². The maximum Gasteiger partial charge on any atom is 0.269 e. The highest BCUT2D eigenvalue weighted by molar-refractivity contribution is 5.96. The lowest BCUT2D eigenvalue weighted by Crippen LogP contribution is -2.30. The quantitative estimate of drug-likeness (QED) is 0.298. The van der Waals surface area contributed by atoms with E-state index in [1.165, 1.54) is 11.0 Å². The Labute approximate surface area is 192 Å². The predicted octanol–water partition coefficient (Wildman–Crippen LogP) is 1.19. The molecule has 0 saturated carbocycles. The third-order valence-electron chi connectivity index (χ3n) is 5.22. The number of nitrogens with one attached hydrogen (secondary N) is 1. The largest absolute Gasteiger partial charge is 0.379 e. The first-order valence-corrected chi connectivity index (χ1v) is 10.5. The molecule has 2 aromatic rings. The minimum Gasteiger partial charge on any atom is -0.379 e. The van der Waals surface area contributed by atoms with E-state index in [4.69, 9.17) is 10.5 Å². The molecule has 0 aliphatic carbocycles. The number of rotatable bonds is 9. The fourth-order valence-corrected chi connectivity index (χ4v) is 3.21. The van der Waals surface area contributed by atoms with Crippen LogP contribution in [0.15, 0.2) is 43.1 Å². The number of nitrogens with two attached hydrogens (primary N) is 1.